The van der Waals surface area contributed by atoms with Crippen LogP contribution >= 0.6 is 11.6 Å². The van der Waals surface area contributed by atoms with Gasteiger partial charge in [0.05, 0.1) is 22.5 Å². The summed E-state index contributed by atoms with van der Waals surface area (Å²) in [6.07, 6.45) is 3.35. The van der Waals surface area contributed by atoms with Gasteiger partial charge in [0.1, 0.15) is 0 Å². The molecule has 1 amide bonds. The fraction of sp³-hybridized carbons (Fsp3) is 0.364. The van der Waals surface area contributed by atoms with E-state index in [1.165, 1.54) is 0 Å². The first-order valence-corrected chi connectivity index (χ1v) is 10.0. The second-order valence-electron chi connectivity index (χ2n) is 7.47. The van der Waals surface area contributed by atoms with Gasteiger partial charge in [-0.3, -0.25) is 9.69 Å². The zero-order chi connectivity index (χ0) is 19.7. The molecule has 0 bridgehead atoms. The molecule has 0 aliphatic carbocycles. The van der Waals surface area contributed by atoms with Crippen molar-refractivity contribution in [1.82, 2.24) is 15.2 Å². The van der Waals surface area contributed by atoms with Crippen molar-refractivity contribution in [3.63, 3.8) is 0 Å². The molecule has 146 valence electrons. The Morgan fingerprint density at radius 2 is 2.00 bits per heavy atom. The van der Waals surface area contributed by atoms with Crippen molar-refractivity contribution in [2.45, 2.75) is 39.3 Å². The third-order valence-corrected chi connectivity index (χ3v) is 6.01. The van der Waals surface area contributed by atoms with Crippen LogP contribution in [0.1, 0.15) is 40.2 Å². The number of aryl methyl sites for hydroxylation is 2. The number of amides is 1. The quantitative estimate of drug-likeness (QED) is 0.704. The van der Waals surface area contributed by atoms with Crippen LogP contribution in [0.4, 0.5) is 0 Å². The Labute approximate surface area is 169 Å². The second-order valence-corrected chi connectivity index (χ2v) is 7.85. The standard InChI is InChI=1S/C22H24ClN3O2/c1-14-9-12-28-21(14)22(27)24-16-7-10-26(11-8-16)13-19-20(23)15(2)17-5-3-4-6-18(17)25-19/h3-6,9,12,16H,7-8,10-11,13H2,1-2H3,(H,24,27). The number of hydrogen-bond donors (Lipinski definition) is 1. The topological polar surface area (TPSA) is 58.4 Å². The van der Waals surface area contributed by atoms with Crippen LogP contribution in [0.25, 0.3) is 10.9 Å². The summed E-state index contributed by atoms with van der Waals surface area (Å²) in [5.74, 6) is 0.279. The van der Waals surface area contributed by atoms with E-state index in [1.807, 2.05) is 32.0 Å². The van der Waals surface area contributed by atoms with Crippen molar-refractivity contribution in [2.75, 3.05) is 13.1 Å². The van der Waals surface area contributed by atoms with E-state index in [0.717, 1.165) is 65.2 Å². The first-order valence-electron chi connectivity index (χ1n) is 9.64. The van der Waals surface area contributed by atoms with Crippen LogP contribution in [0.5, 0.6) is 0 Å². The maximum atomic E-state index is 12.3. The predicted octanol–water partition coefficient (Wildman–Crippen LogP) is 4.49. The zero-order valence-corrected chi connectivity index (χ0v) is 16.9. The van der Waals surface area contributed by atoms with Crippen molar-refractivity contribution >= 4 is 28.4 Å². The Balaban J connectivity index is 1.38. The SMILES string of the molecule is Cc1ccoc1C(=O)NC1CCN(Cc2nc3ccccc3c(C)c2Cl)CC1. The number of benzene rings is 1. The lowest BCUT2D eigenvalue weighted by molar-refractivity contribution is 0.0880. The van der Waals surface area contributed by atoms with Crippen molar-refractivity contribution in [2.24, 2.45) is 0 Å². The lowest BCUT2D eigenvalue weighted by Crippen LogP contribution is -2.44. The molecular formula is C22H24ClN3O2. The first kappa shape index (κ1) is 19.0. The molecule has 28 heavy (non-hydrogen) atoms. The van der Waals surface area contributed by atoms with Crippen LogP contribution in [0.3, 0.4) is 0 Å². The molecule has 0 saturated carbocycles. The molecule has 3 aromatic rings. The van der Waals surface area contributed by atoms with E-state index >= 15 is 0 Å². The number of piperidine rings is 1. The molecule has 1 aromatic carbocycles. The zero-order valence-electron chi connectivity index (χ0n) is 16.2. The highest BCUT2D eigenvalue weighted by Gasteiger charge is 2.24. The molecule has 1 saturated heterocycles. The number of fused-ring (bicyclic) bond motifs is 1. The summed E-state index contributed by atoms with van der Waals surface area (Å²) in [5.41, 5.74) is 3.85. The van der Waals surface area contributed by atoms with Crippen molar-refractivity contribution in [3.05, 3.63) is 64.2 Å². The first-order chi connectivity index (χ1) is 13.5. The molecule has 0 unspecified atom stereocenters. The number of carbonyl (C=O) groups is 1. The van der Waals surface area contributed by atoms with Crippen LogP contribution in [0, 0.1) is 13.8 Å². The summed E-state index contributed by atoms with van der Waals surface area (Å²) < 4.78 is 5.28. The van der Waals surface area contributed by atoms with Gasteiger partial charge in [-0.1, -0.05) is 29.8 Å². The minimum Gasteiger partial charge on any atom is -0.459 e. The number of aromatic nitrogens is 1. The van der Waals surface area contributed by atoms with Gasteiger partial charge in [-0.15, -0.1) is 0 Å². The number of likely N-dealkylation sites (tertiary alicyclic amines) is 1. The van der Waals surface area contributed by atoms with E-state index in [2.05, 4.69) is 16.3 Å². The summed E-state index contributed by atoms with van der Waals surface area (Å²) in [5, 5.41) is 4.95. The van der Waals surface area contributed by atoms with Gasteiger partial charge in [0.25, 0.3) is 5.91 Å². The number of furan rings is 1. The van der Waals surface area contributed by atoms with E-state index < -0.39 is 0 Å². The molecular weight excluding hydrogens is 374 g/mol. The number of halogens is 1. The van der Waals surface area contributed by atoms with Crippen LogP contribution in [0.2, 0.25) is 5.02 Å². The summed E-state index contributed by atoms with van der Waals surface area (Å²) in [7, 11) is 0. The monoisotopic (exact) mass is 397 g/mol. The second kappa shape index (κ2) is 7.94. The van der Waals surface area contributed by atoms with E-state index in [9.17, 15) is 4.79 Å². The summed E-state index contributed by atoms with van der Waals surface area (Å²) in [4.78, 5) is 19.5. The van der Waals surface area contributed by atoms with Crippen LogP contribution in [-0.2, 0) is 6.54 Å². The Morgan fingerprint density at radius 1 is 1.25 bits per heavy atom. The highest BCUT2D eigenvalue weighted by Crippen LogP contribution is 2.28. The van der Waals surface area contributed by atoms with Crippen LogP contribution in [0.15, 0.2) is 41.0 Å². The number of rotatable bonds is 4. The molecule has 6 heteroatoms. The van der Waals surface area contributed by atoms with E-state index in [4.69, 9.17) is 21.0 Å². The van der Waals surface area contributed by atoms with Crippen LogP contribution in [-0.4, -0.2) is 34.9 Å². The molecule has 0 atom stereocenters. The lowest BCUT2D eigenvalue weighted by atomic mass is 10.0. The third kappa shape index (κ3) is 3.77. The lowest BCUT2D eigenvalue weighted by Gasteiger charge is -2.32. The number of hydrogen-bond acceptors (Lipinski definition) is 4. The van der Waals surface area contributed by atoms with Crippen LogP contribution < -0.4 is 5.32 Å². The van der Waals surface area contributed by atoms with Crippen molar-refractivity contribution in [3.8, 4) is 0 Å². The Morgan fingerprint density at radius 3 is 2.71 bits per heavy atom. The maximum Gasteiger partial charge on any atom is 0.287 e. The number of nitrogens with zero attached hydrogens (tertiary/aromatic N) is 2. The van der Waals surface area contributed by atoms with Crippen molar-refractivity contribution in [1.29, 1.82) is 0 Å². The number of pyridine rings is 1. The highest BCUT2D eigenvalue weighted by molar-refractivity contribution is 6.32. The highest BCUT2D eigenvalue weighted by atomic mass is 35.5. The molecule has 4 rings (SSSR count). The molecule has 0 spiro atoms. The normalized spacial score (nSPS) is 15.8. The van der Waals surface area contributed by atoms with Gasteiger partial charge in [-0.25, -0.2) is 4.98 Å². The minimum atomic E-state index is -0.129. The average molecular weight is 398 g/mol. The van der Waals surface area contributed by atoms with Gasteiger partial charge in [-0.2, -0.15) is 0 Å². The van der Waals surface area contributed by atoms with Gasteiger partial charge < -0.3 is 9.73 Å². The molecule has 1 fully saturated rings. The molecule has 0 radical (unpaired) electrons. The van der Waals surface area contributed by atoms with Gasteiger partial charge in [0, 0.05) is 36.6 Å². The molecule has 5 nitrogen and oxygen atoms in total. The number of para-hydroxylation sites is 1. The van der Waals surface area contributed by atoms with E-state index in [-0.39, 0.29) is 11.9 Å². The molecule has 1 N–H and O–H groups in total. The maximum absolute atomic E-state index is 12.3. The summed E-state index contributed by atoms with van der Waals surface area (Å²) in [6.45, 7) is 6.44. The molecule has 1 aliphatic heterocycles. The number of nitrogens with one attached hydrogen (secondary N) is 1. The van der Waals surface area contributed by atoms with Gasteiger partial charge in [0.15, 0.2) is 5.76 Å². The predicted molar refractivity (Wildman–Crippen MR) is 111 cm³/mol. The largest absolute Gasteiger partial charge is 0.459 e. The Hall–Kier alpha value is -2.37. The number of carbonyl (C=O) groups excluding carboxylic acids is 1. The Kier molecular flexibility index (Phi) is 5.38. The fourth-order valence-electron chi connectivity index (χ4n) is 3.83. The van der Waals surface area contributed by atoms with Crippen molar-refractivity contribution < 1.29 is 9.21 Å². The smallest absolute Gasteiger partial charge is 0.287 e. The Bertz CT molecular complexity index is 1010. The average Bonchev–Trinajstić information content (AvgIpc) is 3.13. The third-order valence-electron chi connectivity index (χ3n) is 5.51. The fourth-order valence-corrected chi connectivity index (χ4v) is 4.03. The summed E-state index contributed by atoms with van der Waals surface area (Å²) in [6, 6.07) is 10.1. The molecule has 3 heterocycles. The van der Waals surface area contributed by atoms with Gasteiger partial charge >= 0.3 is 0 Å². The van der Waals surface area contributed by atoms with E-state index in [0.29, 0.717) is 5.76 Å². The van der Waals surface area contributed by atoms with E-state index in [1.54, 1.807) is 12.3 Å². The molecule has 2 aromatic heterocycles. The minimum absolute atomic E-state index is 0.129. The van der Waals surface area contributed by atoms with Gasteiger partial charge in [-0.05, 0) is 44.4 Å². The summed E-state index contributed by atoms with van der Waals surface area (Å²) >= 11 is 6.60. The van der Waals surface area contributed by atoms with Gasteiger partial charge in [0.2, 0.25) is 0 Å². The molecule has 1 aliphatic rings.